The Balaban J connectivity index is 1.72. The first-order valence-corrected chi connectivity index (χ1v) is 8.00. The van der Waals surface area contributed by atoms with Crippen LogP contribution in [0.1, 0.15) is 50.8 Å². The molecule has 1 aliphatic rings. The molecular formula is C17H23N3O. The van der Waals surface area contributed by atoms with Crippen molar-refractivity contribution in [3.8, 4) is 0 Å². The molecule has 21 heavy (non-hydrogen) atoms. The minimum Gasteiger partial charge on any atom is -0.342 e. The van der Waals surface area contributed by atoms with Crippen molar-refractivity contribution in [2.75, 3.05) is 13.1 Å². The Hall–Kier alpha value is -1.84. The number of para-hydroxylation sites is 2. The van der Waals surface area contributed by atoms with Gasteiger partial charge in [-0.15, -0.1) is 0 Å². The summed E-state index contributed by atoms with van der Waals surface area (Å²) >= 11 is 0. The topological polar surface area (TPSA) is 49.0 Å². The van der Waals surface area contributed by atoms with Crippen LogP contribution in [-0.4, -0.2) is 33.9 Å². The zero-order valence-corrected chi connectivity index (χ0v) is 12.6. The number of amides is 1. The number of carbonyl (C=O) groups is 1. The standard InChI is InChI=1S/C17H23N3O/c1-2-3-10-16(21)20-11-6-7-13(12-20)17-18-14-8-4-5-9-15(14)19-17/h4-5,8-9,13H,2-3,6-7,10-12H2,1H3,(H,18,19)/t13-/m1/s1. The molecule has 1 atom stereocenters. The maximum absolute atomic E-state index is 12.2. The fourth-order valence-electron chi connectivity index (χ4n) is 3.08. The van der Waals surface area contributed by atoms with E-state index in [0.29, 0.717) is 18.2 Å². The first kappa shape index (κ1) is 14.1. The molecule has 0 aliphatic carbocycles. The SMILES string of the molecule is CCCCC(=O)N1CCC[C@@H](c2nc3ccccc3[nH]2)C1. The smallest absolute Gasteiger partial charge is 0.222 e. The zero-order valence-electron chi connectivity index (χ0n) is 12.6. The second-order valence-electron chi connectivity index (χ2n) is 5.92. The molecule has 0 bridgehead atoms. The molecule has 1 aromatic heterocycles. The number of hydrogen-bond acceptors (Lipinski definition) is 2. The number of H-pyrrole nitrogens is 1. The van der Waals surface area contributed by atoms with E-state index in [0.717, 1.165) is 55.6 Å². The molecule has 1 saturated heterocycles. The van der Waals surface area contributed by atoms with Gasteiger partial charge >= 0.3 is 0 Å². The lowest BCUT2D eigenvalue weighted by Gasteiger charge is -2.32. The van der Waals surface area contributed by atoms with Crippen molar-refractivity contribution in [3.63, 3.8) is 0 Å². The molecule has 2 heterocycles. The van der Waals surface area contributed by atoms with Crippen molar-refractivity contribution in [1.29, 1.82) is 0 Å². The van der Waals surface area contributed by atoms with Crippen molar-refractivity contribution in [1.82, 2.24) is 14.9 Å². The highest BCUT2D eigenvalue weighted by Crippen LogP contribution is 2.27. The molecule has 2 aromatic rings. The van der Waals surface area contributed by atoms with Gasteiger partial charge in [-0.05, 0) is 31.4 Å². The molecule has 1 fully saturated rings. The number of carbonyl (C=O) groups excluding carboxylic acids is 1. The van der Waals surface area contributed by atoms with E-state index in [4.69, 9.17) is 4.98 Å². The number of hydrogen-bond donors (Lipinski definition) is 1. The monoisotopic (exact) mass is 285 g/mol. The Morgan fingerprint density at radius 1 is 1.43 bits per heavy atom. The van der Waals surface area contributed by atoms with Crippen LogP contribution in [0.4, 0.5) is 0 Å². The molecule has 0 radical (unpaired) electrons. The van der Waals surface area contributed by atoms with Gasteiger partial charge in [0.15, 0.2) is 0 Å². The highest BCUT2D eigenvalue weighted by molar-refractivity contribution is 5.76. The Kier molecular flexibility index (Phi) is 4.23. The number of nitrogens with zero attached hydrogens (tertiary/aromatic N) is 2. The summed E-state index contributed by atoms with van der Waals surface area (Å²) in [5.41, 5.74) is 2.10. The summed E-state index contributed by atoms with van der Waals surface area (Å²) in [6, 6.07) is 8.11. The molecule has 4 heteroatoms. The number of aromatic amines is 1. The van der Waals surface area contributed by atoms with Gasteiger partial charge in [0, 0.05) is 25.4 Å². The van der Waals surface area contributed by atoms with Crippen LogP contribution >= 0.6 is 0 Å². The quantitative estimate of drug-likeness (QED) is 0.935. The Bertz CT molecular complexity index is 586. The van der Waals surface area contributed by atoms with Crippen LogP contribution in [0.15, 0.2) is 24.3 Å². The fourth-order valence-corrected chi connectivity index (χ4v) is 3.08. The molecule has 0 spiro atoms. The van der Waals surface area contributed by atoms with Gasteiger partial charge < -0.3 is 9.88 Å². The van der Waals surface area contributed by atoms with Crippen LogP contribution in [0.25, 0.3) is 11.0 Å². The molecule has 1 N–H and O–H groups in total. The van der Waals surface area contributed by atoms with E-state index in [2.05, 4.69) is 18.0 Å². The van der Waals surface area contributed by atoms with Crippen LogP contribution in [0.3, 0.4) is 0 Å². The van der Waals surface area contributed by atoms with E-state index in [1.165, 1.54) is 0 Å². The third-order valence-corrected chi connectivity index (χ3v) is 4.31. The van der Waals surface area contributed by atoms with E-state index in [9.17, 15) is 4.79 Å². The summed E-state index contributed by atoms with van der Waals surface area (Å²) in [5, 5.41) is 0. The molecule has 3 rings (SSSR count). The average molecular weight is 285 g/mol. The summed E-state index contributed by atoms with van der Waals surface area (Å²) in [6.45, 7) is 3.84. The molecule has 4 nitrogen and oxygen atoms in total. The lowest BCUT2D eigenvalue weighted by atomic mass is 9.97. The summed E-state index contributed by atoms with van der Waals surface area (Å²) in [6.07, 6.45) is 4.93. The van der Waals surface area contributed by atoms with Gasteiger partial charge in [0.05, 0.1) is 11.0 Å². The minimum absolute atomic E-state index is 0.303. The number of aromatic nitrogens is 2. The molecule has 1 aliphatic heterocycles. The summed E-state index contributed by atoms with van der Waals surface area (Å²) < 4.78 is 0. The van der Waals surface area contributed by atoms with Gasteiger partial charge in [-0.2, -0.15) is 0 Å². The average Bonchev–Trinajstić information content (AvgIpc) is 2.97. The van der Waals surface area contributed by atoms with E-state index < -0.39 is 0 Å². The number of fused-ring (bicyclic) bond motifs is 1. The second-order valence-corrected chi connectivity index (χ2v) is 5.92. The maximum atomic E-state index is 12.2. The zero-order chi connectivity index (χ0) is 14.7. The number of likely N-dealkylation sites (tertiary alicyclic amines) is 1. The number of nitrogens with one attached hydrogen (secondary N) is 1. The summed E-state index contributed by atoms with van der Waals surface area (Å²) in [7, 11) is 0. The first-order chi connectivity index (χ1) is 10.3. The lowest BCUT2D eigenvalue weighted by Crippen LogP contribution is -2.39. The summed E-state index contributed by atoms with van der Waals surface area (Å²) in [4.78, 5) is 22.3. The Morgan fingerprint density at radius 3 is 3.10 bits per heavy atom. The predicted octanol–water partition coefficient (Wildman–Crippen LogP) is 3.46. The van der Waals surface area contributed by atoms with Crippen LogP contribution in [0.5, 0.6) is 0 Å². The molecule has 0 unspecified atom stereocenters. The molecule has 1 amide bonds. The number of piperidine rings is 1. The van der Waals surface area contributed by atoms with E-state index >= 15 is 0 Å². The minimum atomic E-state index is 0.303. The molecule has 0 saturated carbocycles. The highest BCUT2D eigenvalue weighted by Gasteiger charge is 2.26. The van der Waals surface area contributed by atoms with E-state index in [1.54, 1.807) is 0 Å². The number of rotatable bonds is 4. The van der Waals surface area contributed by atoms with Gasteiger partial charge in [-0.1, -0.05) is 25.5 Å². The van der Waals surface area contributed by atoms with Gasteiger partial charge in [0.2, 0.25) is 5.91 Å². The van der Waals surface area contributed by atoms with Crippen molar-refractivity contribution in [2.24, 2.45) is 0 Å². The maximum Gasteiger partial charge on any atom is 0.222 e. The van der Waals surface area contributed by atoms with Crippen LogP contribution in [-0.2, 0) is 4.79 Å². The first-order valence-electron chi connectivity index (χ1n) is 8.00. The normalized spacial score (nSPS) is 19.1. The van der Waals surface area contributed by atoms with Crippen LogP contribution < -0.4 is 0 Å². The highest BCUT2D eigenvalue weighted by atomic mass is 16.2. The van der Waals surface area contributed by atoms with Gasteiger partial charge in [-0.25, -0.2) is 4.98 Å². The van der Waals surface area contributed by atoms with Crippen LogP contribution in [0, 0.1) is 0 Å². The fraction of sp³-hybridized carbons (Fsp3) is 0.529. The van der Waals surface area contributed by atoms with Crippen molar-refractivity contribution >= 4 is 16.9 Å². The molecule has 112 valence electrons. The van der Waals surface area contributed by atoms with Gasteiger partial charge in [-0.3, -0.25) is 4.79 Å². The Labute approximate surface area is 125 Å². The Morgan fingerprint density at radius 2 is 2.29 bits per heavy atom. The van der Waals surface area contributed by atoms with Crippen LogP contribution in [0.2, 0.25) is 0 Å². The van der Waals surface area contributed by atoms with E-state index in [1.807, 2.05) is 23.1 Å². The third kappa shape index (κ3) is 3.09. The second kappa shape index (κ2) is 6.29. The van der Waals surface area contributed by atoms with Crippen molar-refractivity contribution in [2.45, 2.75) is 44.9 Å². The third-order valence-electron chi connectivity index (χ3n) is 4.31. The number of benzene rings is 1. The summed E-state index contributed by atoms with van der Waals surface area (Å²) in [5.74, 6) is 1.68. The molecular weight excluding hydrogens is 262 g/mol. The molecule has 1 aromatic carbocycles. The van der Waals surface area contributed by atoms with Gasteiger partial charge in [0.1, 0.15) is 5.82 Å². The number of unbranched alkanes of at least 4 members (excludes halogenated alkanes) is 1. The largest absolute Gasteiger partial charge is 0.342 e. The van der Waals surface area contributed by atoms with Crippen molar-refractivity contribution in [3.05, 3.63) is 30.1 Å². The predicted molar refractivity (Wildman–Crippen MR) is 84.2 cm³/mol. The van der Waals surface area contributed by atoms with Gasteiger partial charge in [0.25, 0.3) is 0 Å². The number of imidazole rings is 1. The van der Waals surface area contributed by atoms with E-state index in [-0.39, 0.29) is 0 Å². The lowest BCUT2D eigenvalue weighted by molar-refractivity contribution is -0.132. The van der Waals surface area contributed by atoms with Crippen molar-refractivity contribution < 1.29 is 4.79 Å².